The highest BCUT2D eigenvalue weighted by molar-refractivity contribution is 5.84. The zero-order valence-corrected chi connectivity index (χ0v) is 10.9. The largest absolute Gasteiger partial charge is 0.321 e. The van der Waals surface area contributed by atoms with Crippen LogP contribution in [-0.4, -0.2) is 16.7 Å². The smallest absolute Gasteiger partial charge is 0.269 e. The number of benzene rings is 1. The van der Waals surface area contributed by atoms with E-state index in [1.165, 1.54) is 12.1 Å². The Morgan fingerprint density at radius 3 is 2.53 bits per heavy atom. The fourth-order valence-electron chi connectivity index (χ4n) is 2.71. The molecule has 2 N–H and O–H groups in total. The van der Waals surface area contributed by atoms with Gasteiger partial charge in [-0.2, -0.15) is 0 Å². The van der Waals surface area contributed by atoms with E-state index in [4.69, 9.17) is 5.73 Å². The maximum absolute atomic E-state index is 11.4. The molecule has 0 aromatic heterocycles. The van der Waals surface area contributed by atoms with Crippen molar-refractivity contribution in [1.82, 2.24) is 0 Å². The van der Waals surface area contributed by atoms with Gasteiger partial charge in [-0.15, -0.1) is 0 Å². The number of nitrogens with two attached hydrogens (primary N) is 1. The lowest BCUT2D eigenvalue weighted by Crippen LogP contribution is -2.38. The Labute approximate surface area is 111 Å². The van der Waals surface area contributed by atoms with Gasteiger partial charge in [-0.25, -0.2) is 0 Å². The second-order valence-corrected chi connectivity index (χ2v) is 5.24. The van der Waals surface area contributed by atoms with E-state index < -0.39 is 4.92 Å². The molecule has 19 heavy (non-hydrogen) atoms. The second kappa shape index (κ2) is 5.48. The molecule has 2 rings (SSSR count). The molecule has 1 saturated carbocycles. The number of nitro benzene ring substituents is 1. The van der Waals surface area contributed by atoms with E-state index in [1.807, 2.05) is 0 Å². The molecule has 5 heteroatoms. The van der Waals surface area contributed by atoms with Gasteiger partial charge in [0.1, 0.15) is 5.78 Å². The molecule has 3 atom stereocenters. The van der Waals surface area contributed by atoms with Gasteiger partial charge in [-0.1, -0.05) is 19.1 Å². The fourth-order valence-corrected chi connectivity index (χ4v) is 2.71. The summed E-state index contributed by atoms with van der Waals surface area (Å²) < 4.78 is 0. The van der Waals surface area contributed by atoms with Gasteiger partial charge in [0.05, 0.1) is 11.0 Å². The van der Waals surface area contributed by atoms with Gasteiger partial charge < -0.3 is 5.73 Å². The summed E-state index contributed by atoms with van der Waals surface area (Å²) in [6.45, 7) is 2.09. The predicted molar refractivity (Wildman–Crippen MR) is 71.8 cm³/mol. The molecule has 1 aromatic carbocycles. The summed E-state index contributed by atoms with van der Waals surface area (Å²) in [5.41, 5.74) is 6.98. The van der Waals surface area contributed by atoms with Crippen LogP contribution in [0.25, 0.3) is 0 Å². The van der Waals surface area contributed by atoms with E-state index in [-0.39, 0.29) is 23.4 Å². The SMILES string of the molecule is CC(c1ccc([N+](=O)[O-])cc1)C1CCC(=O)C(N)C1. The predicted octanol–water partition coefficient (Wildman–Crippen LogP) is 2.39. The number of hydrogen-bond donors (Lipinski definition) is 1. The van der Waals surface area contributed by atoms with E-state index in [0.29, 0.717) is 18.8 Å². The maximum Gasteiger partial charge on any atom is 0.269 e. The van der Waals surface area contributed by atoms with E-state index in [0.717, 1.165) is 12.0 Å². The molecule has 0 bridgehead atoms. The summed E-state index contributed by atoms with van der Waals surface area (Å²) in [4.78, 5) is 21.6. The van der Waals surface area contributed by atoms with Crippen molar-refractivity contribution >= 4 is 11.5 Å². The van der Waals surface area contributed by atoms with Crippen molar-refractivity contribution < 1.29 is 9.72 Å². The molecule has 0 spiro atoms. The maximum atomic E-state index is 11.4. The normalized spacial score (nSPS) is 25.1. The molecule has 1 aromatic rings. The van der Waals surface area contributed by atoms with Crippen molar-refractivity contribution in [1.29, 1.82) is 0 Å². The Hall–Kier alpha value is -1.75. The van der Waals surface area contributed by atoms with Crippen molar-refractivity contribution in [2.24, 2.45) is 11.7 Å². The minimum absolute atomic E-state index is 0.103. The molecule has 0 saturated heterocycles. The molecule has 3 unspecified atom stereocenters. The number of Topliss-reactive ketones (excluding diaryl/α,β-unsaturated/α-hetero) is 1. The number of nitro groups is 1. The van der Waals surface area contributed by atoms with Crippen molar-refractivity contribution in [2.75, 3.05) is 0 Å². The quantitative estimate of drug-likeness (QED) is 0.669. The molecule has 5 nitrogen and oxygen atoms in total. The highest BCUT2D eigenvalue weighted by Gasteiger charge is 2.29. The summed E-state index contributed by atoms with van der Waals surface area (Å²) in [5.74, 6) is 0.779. The molecule has 1 aliphatic carbocycles. The standard InChI is InChI=1S/C14H18N2O3/c1-9(11-4-7-14(17)13(15)8-11)10-2-5-12(6-3-10)16(18)19/h2-3,5-6,9,11,13H,4,7-8,15H2,1H3. The Kier molecular flexibility index (Phi) is 3.95. The van der Waals surface area contributed by atoms with E-state index in [2.05, 4.69) is 6.92 Å². The van der Waals surface area contributed by atoms with E-state index >= 15 is 0 Å². The van der Waals surface area contributed by atoms with Crippen molar-refractivity contribution in [3.05, 3.63) is 39.9 Å². The first-order chi connectivity index (χ1) is 8.99. The molecule has 1 fully saturated rings. The van der Waals surface area contributed by atoms with Crippen LogP contribution in [0.4, 0.5) is 5.69 Å². The first-order valence-corrected chi connectivity index (χ1v) is 6.51. The summed E-state index contributed by atoms with van der Waals surface area (Å²) >= 11 is 0. The van der Waals surface area contributed by atoms with Gasteiger partial charge in [0.2, 0.25) is 0 Å². The van der Waals surface area contributed by atoms with Crippen molar-refractivity contribution in [3.8, 4) is 0 Å². The number of carbonyl (C=O) groups is 1. The number of nitrogens with zero attached hydrogens (tertiary/aromatic N) is 1. The van der Waals surface area contributed by atoms with Gasteiger partial charge in [-0.3, -0.25) is 14.9 Å². The van der Waals surface area contributed by atoms with E-state index in [9.17, 15) is 14.9 Å². The van der Waals surface area contributed by atoms with Crippen LogP contribution in [0.15, 0.2) is 24.3 Å². The number of carbonyl (C=O) groups excluding carboxylic acids is 1. The van der Waals surface area contributed by atoms with Gasteiger partial charge in [0.15, 0.2) is 0 Å². The number of rotatable bonds is 3. The molecule has 1 aliphatic rings. The van der Waals surface area contributed by atoms with Crippen molar-refractivity contribution in [3.63, 3.8) is 0 Å². The van der Waals surface area contributed by atoms with Crippen LogP contribution in [0.3, 0.4) is 0 Å². The number of ketones is 1. The lowest BCUT2D eigenvalue weighted by Gasteiger charge is -2.30. The highest BCUT2D eigenvalue weighted by Crippen LogP contribution is 2.34. The third-order valence-corrected chi connectivity index (χ3v) is 4.07. The number of hydrogen-bond acceptors (Lipinski definition) is 4. The Morgan fingerprint density at radius 1 is 1.37 bits per heavy atom. The van der Waals surface area contributed by atoms with E-state index in [1.54, 1.807) is 12.1 Å². The second-order valence-electron chi connectivity index (χ2n) is 5.24. The zero-order chi connectivity index (χ0) is 14.0. The average molecular weight is 262 g/mol. The van der Waals surface area contributed by atoms with Gasteiger partial charge in [0.25, 0.3) is 5.69 Å². The van der Waals surface area contributed by atoms with Gasteiger partial charge in [-0.05, 0) is 30.2 Å². The van der Waals surface area contributed by atoms with Crippen LogP contribution in [0.5, 0.6) is 0 Å². The highest BCUT2D eigenvalue weighted by atomic mass is 16.6. The monoisotopic (exact) mass is 262 g/mol. The first-order valence-electron chi connectivity index (χ1n) is 6.51. The molecule has 0 aliphatic heterocycles. The summed E-state index contributed by atoms with van der Waals surface area (Å²) in [7, 11) is 0. The Morgan fingerprint density at radius 2 is 2.00 bits per heavy atom. The average Bonchev–Trinajstić information content (AvgIpc) is 2.41. The van der Waals surface area contributed by atoms with Gasteiger partial charge in [0, 0.05) is 18.6 Å². The molecular weight excluding hydrogens is 244 g/mol. The topological polar surface area (TPSA) is 86.2 Å². The molecule has 0 heterocycles. The summed E-state index contributed by atoms with van der Waals surface area (Å²) in [6, 6.07) is 6.30. The lowest BCUT2D eigenvalue weighted by atomic mass is 9.76. The third kappa shape index (κ3) is 2.98. The van der Waals surface area contributed by atoms with Crippen LogP contribution in [0.1, 0.15) is 37.7 Å². The van der Waals surface area contributed by atoms with Crippen LogP contribution < -0.4 is 5.73 Å². The summed E-state index contributed by atoms with van der Waals surface area (Å²) in [5, 5.41) is 10.6. The van der Waals surface area contributed by atoms with Crippen LogP contribution in [0.2, 0.25) is 0 Å². The van der Waals surface area contributed by atoms with Crippen LogP contribution in [0, 0.1) is 16.0 Å². The zero-order valence-electron chi connectivity index (χ0n) is 10.9. The summed E-state index contributed by atoms with van der Waals surface area (Å²) in [6.07, 6.45) is 2.10. The third-order valence-electron chi connectivity index (χ3n) is 4.07. The Balaban J connectivity index is 2.09. The van der Waals surface area contributed by atoms with Crippen LogP contribution >= 0.6 is 0 Å². The Bertz CT molecular complexity index is 484. The minimum atomic E-state index is -0.399. The minimum Gasteiger partial charge on any atom is -0.321 e. The molecule has 102 valence electrons. The molecule has 0 amide bonds. The van der Waals surface area contributed by atoms with Crippen molar-refractivity contribution in [2.45, 2.75) is 38.1 Å². The van der Waals surface area contributed by atoms with Crippen LogP contribution in [-0.2, 0) is 4.79 Å². The number of non-ortho nitro benzene ring substituents is 1. The molecule has 0 radical (unpaired) electrons. The lowest BCUT2D eigenvalue weighted by molar-refractivity contribution is -0.384. The first kappa shape index (κ1) is 13.7. The van der Waals surface area contributed by atoms with Gasteiger partial charge >= 0.3 is 0 Å². The molecular formula is C14H18N2O3. The fraction of sp³-hybridized carbons (Fsp3) is 0.500.